The smallest absolute Gasteiger partial charge is 0.338 e. The Kier molecular flexibility index (Phi) is 4.75. The van der Waals surface area contributed by atoms with Crippen molar-refractivity contribution in [3.8, 4) is 16.9 Å². The monoisotopic (exact) mass is 303 g/mol. The molecule has 1 heterocycles. The molecule has 0 saturated carbocycles. The van der Waals surface area contributed by atoms with Gasteiger partial charge in [-0.1, -0.05) is 17.6 Å². The van der Waals surface area contributed by atoms with E-state index in [4.69, 9.17) is 17.3 Å². The van der Waals surface area contributed by atoms with Crippen LogP contribution in [0.2, 0.25) is 0 Å². The number of hydrogen-bond donors (Lipinski definition) is 0. The van der Waals surface area contributed by atoms with Crippen LogP contribution in [-0.2, 0) is 4.74 Å². The molecule has 0 fully saturated rings. The fourth-order valence-corrected chi connectivity index (χ4v) is 2.02. The molecular weight excluding hydrogens is 291 g/mol. The fraction of sp³-hybridized carbons (Fsp3) is 0.200. The van der Waals surface area contributed by atoms with E-state index in [-0.39, 0.29) is 11.3 Å². The van der Waals surface area contributed by atoms with Crippen LogP contribution in [0.5, 0.6) is 5.75 Å². The van der Waals surface area contributed by atoms with Crippen LogP contribution in [-0.4, -0.2) is 33.0 Å². The summed E-state index contributed by atoms with van der Waals surface area (Å²) in [5.41, 5.74) is 0.782. The predicted molar refractivity (Wildman–Crippen MR) is 77.9 cm³/mol. The lowest BCUT2D eigenvalue weighted by atomic mass is 9.89. The third-order valence-electron chi connectivity index (χ3n) is 3.07. The third-order valence-corrected chi connectivity index (χ3v) is 3.07. The van der Waals surface area contributed by atoms with Gasteiger partial charge in [0.2, 0.25) is 0 Å². The maximum absolute atomic E-state index is 12.9. The van der Waals surface area contributed by atoms with Crippen LogP contribution < -0.4 is 10.2 Å². The first-order valence-corrected chi connectivity index (χ1v) is 6.28. The van der Waals surface area contributed by atoms with E-state index < -0.39 is 18.1 Å². The molecule has 0 bridgehead atoms. The highest BCUT2D eigenvalue weighted by molar-refractivity contribution is 6.32. The van der Waals surface area contributed by atoms with Crippen LogP contribution in [0, 0.1) is 0 Å². The second-order valence-corrected chi connectivity index (χ2v) is 4.41. The van der Waals surface area contributed by atoms with Crippen LogP contribution in [0.15, 0.2) is 30.5 Å². The average molecular weight is 303 g/mol. The number of halogens is 2. The van der Waals surface area contributed by atoms with E-state index in [2.05, 4.69) is 4.98 Å². The van der Waals surface area contributed by atoms with E-state index in [1.165, 1.54) is 44.7 Å². The van der Waals surface area contributed by atoms with Crippen molar-refractivity contribution < 1.29 is 23.0 Å². The number of alkyl halides is 2. The number of pyridine rings is 1. The summed E-state index contributed by atoms with van der Waals surface area (Å²) in [6, 6.07) is 5.67. The summed E-state index contributed by atoms with van der Waals surface area (Å²) in [5.74, 6) is -0.354. The van der Waals surface area contributed by atoms with Gasteiger partial charge in [-0.25, -0.2) is 13.6 Å². The number of aromatic nitrogens is 1. The number of carbonyl (C=O) groups excluding carboxylic acids is 1. The molecule has 2 rings (SSSR count). The van der Waals surface area contributed by atoms with Crippen LogP contribution in [0.4, 0.5) is 8.78 Å². The first-order chi connectivity index (χ1) is 10.5. The Morgan fingerprint density at radius 1 is 1.23 bits per heavy atom. The Morgan fingerprint density at radius 2 is 1.95 bits per heavy atom. The molecule has 7 heteroatoms. The van der Waals surface area contributed by atoms with Crippen molar-refractivity contribution in [1.29, 1.82) is 0 Å². The zero-order valence-corrected chi connectivity index (χ0v) is 12.0. The zero-order valence-electron chi connectivity index (χ0n) is 12.0. The van der Waals surface area contributed by atoms with Gasteiger partial charge >= 0.3 is 5.97 Å². The van der Waals surface area contributed by atoms with Crippen molar-refractivity contribution >= 4 is 19.3 Å². The molecule has 0 aliphatic heterocycles. The Bertz CT molecular complexity index is 707. The van der Waals surface area contributed by atoms with Gasteiger partial charge in [-0.15, -0.1) is 0 Å². The zero-order chi connectivity index (χ0) is 16.3. The summed E-state index contributed by atoms with van der Waals surface area (Å²) >= 11 is 0. The van der Waals surface area contributed by atoms with Crippen molar-refractivity contribution in [2.45, 2.75) is 6.43 Å². The molecule has 0 aliphatic rings. The van der Waals surface area contributed by atoms with Gasteiger partial charge in [0, 0.05) is 5.56 Å². The van der Waals surface area contributed by atoms with Gasteiger partial charge in [0.05, 0.1) is 26.0 Å². The Hall–Kier alpha value is -2.44. The number of carbonyl (C=O) groups is 1. The third kappa shape index (κ3) is 3.08. The maximum atomic E-state index is 12.9. The summed E-state index contributed by atoms with van der Waals surface area (Å²) < 4.78 is 35.6. The Labute approximate surface area is 127 Å². The predicted octanol–water partition coefficient (Wildman–Crippen LogP) is 2.28. The highest BCUT2D eigenvalue weighted by Gasteiger charge is 2.19. The molecule has 2 aromatic rings. The van der Waals surface area contributed by atoms with Gasteiger partial charge in [0.1, 0.15) is 19.3 Å². The van der Waals surface area contributed by atoms with E-state index in [1.807, 2.05) is 0 Å². The molecule has 0 N–H and O–H groups in total. The summed E-state index contributed by atoms with van der Waals surface area (Å²) in [5, 5.41) is 0. The summed E-state index contributed by atoms with van der Waals surface area (Å²) in [6.45, 7) is 0. The molecule has 4 nitrogen and oxygen atoms in total. The minimum absolute atomic E-state index is 0.196. The normalized spacial score (nSPS) is 10.6. The van der Waals surface area contributed by atoms with Gasteiger partial charge in [-0.05, 0) is 17.7 Å². The quantitative estimate of drug-likeness (QED) is 0.642. The largest absolute Gasteiger partial charge is 0.494 e. The summed E-state index contributed by atoms with van der Waals surface area (Å²) in [7, 11) is 8.35. The average Bonchev–Trinajstić information content (AvgIpc) is 2.53. The van der Waals surface area contributed by atoms with Crippen LogP contribution in [0.25, 0.3) is 11.1 Å². The van der Waals surface area contributed by atoms with Crippen molar-refractivity contribution in [2.75, 3.05) is 14.2 Å². The van der Waals surface area contributed by atoms with E-state index in [1.54, 1.807) is 0 Å². The van der Waals surface area contributed by atoms with E-state index in [9.17, 15) is 13.6 Å². The van der Waals surface area contributed by atoms with E-state index in [0.717, 1.165) is 0 Å². The molecule has 0 saturated heterocycles. The van der Waals surface area contributed by atoms with Crippen molar-refractivity contribution in [2.24, 2.45) is 0 Å². The van der Waals surface area contributed by atoms with Gasteiger partial charge in [0.15, 0.2) is 0 Å². The van der Waals surface area contributed by atoms with E-state index in [0.29, 0.717) is 16.6 Å². The lowest BCUT2D eigenvalue weighted by Crippen LogP contribution is -2.10. The Balaban J connectivity index is 2.71. The van der Waals surface area contributed by atoms with Crippen molar-refractivity contribution in [3.05, 3.63) is 41.7 Å². The molecule has 0 amide bonds. The highest BCUT2D eigenvalue weighted by atomic mass is 19.3. The number of nitrogens with zero attached hydrogens (tertiary/aromatic N) is 1. The molecule has 2 radical (unpaired) electrons. The molecule has 0 unspecified atom stereocenters. The van der Waals surface area contributed by atoms with Crippen molar-refractivity contribution in [1.82, 2.24) is 4.98 Å². The number of benzene rings is 1. The molecule has 112 valence electrons. The van der Waals surface area contributed by atoms with E-state index >= 15 is 0 Å². The lowest BCUT2D eigenvalue weighted by Gasteiger charge is -2.14. The first kappa shape index (κ1) is 15.9. The van der Waals surface area contributed by atoms with Gasteiger partial charge in [-0.2, -0.15) is 0 Å². The number of methoxy groups -OCH3 is 2. The van der Waals surface area contributed by atoms with Gasteiger partial charge in [-0.3, -0.25) is 4.98 Å². The Morgan fingerprint density at radius 3 is 2.55 bits per heavy atom. The highest BCUT2D eigenvalue weighted by Crippen LogP contribution is 2.34. The molecule has 0 spiro atoms. The summed E-state index contributed by atoms with van der Waals surface area (Å²) in [4.78, 5) is 15.5. The molecule has 1 aromatic heterocycles. The van der Waals surface area contributed by atoms with Crippen molar-refractivity contribution in [3.63, 3.8) is 0 Å². The minimum Gasteiger partial charge on any atom is -0.494 e. The number of rotatable bonds is 4. The van der Waals surface area contributed by atoms with Gasteiger partial charge in [0.25, 0.3) is 6.43 Å². The second kappa shape index (κ2) is 6.55. The van der Waals surface area contributed by atoms with Crippen LogP contribution in [0.3, 0.4) is 0 Å². The molecule has 0 aliphatic carbocycles. The molecule has 0 atom stereocenters. The first-order valence-electron chi connectivity index (χ1n) is 6.28. The standard InChI is InChI=1S/C15H12BF2NO3/c1-21-13-7-19-12(14(17)18)6-11(13)10-5-8(16)3-4-9(10)15(20)22-2/h3-7,14H,1-2H3. The fourth-order valence-electron chi connectivity index (χ4n) is 2.02. The number of ether oxygens (including phenoxy) is 2. The second-order valence-electron chi connectivity index (χ2n) is 4.41. The minimum atomic E-state index is -2.74. The molecule has 1 aromatic carbocycles. The lowest BCUT2D eigenvalue weighted by molar-refractivity contribution is 0.0601. The van der Waals surface area contributed by atoms with Crippen LogP contribution >= 0.6 is 0 Å². The number of esters is 1. The van der Waals surface area contributed by atoms with Gasteiger partial charge < -0.3 is 9.47 Å². The molecular formula is C15H12BF2NO3. The topological polar surface area (TPSA) is 48.4 Å². The molecule has 22 heavy (non-hydrogen) atoms. The van der Waals surface area contributed by atoms with Crippen LogP contribution in [0.1, 0.15) is 22.5 Å². The summed E-state index contributed by atoms with van der Waals surface area (Å²) in [6.07, 6.45) is -1.56. The maximum Gasteiger partial charge on any atom is 0.338 e. The number of hydrogen-bond acceptors (Lipinski definition) is 4. The SMILES string of the molecule is [B]c1ccc(C(=O)OC)c(-c2cc(C(F)F)ncc2OC)c1.